The lowest BCUT2D eigenvalue weighted by molar-refractivity contribution is -0.384. The van der Waals surface area contributed by atoms with E-state index in [1.54, 1.807) is 17.8 Å². The van der Waals surface area contributed by atoms with E-state index in [1.165, 1.54) is 24.3 Å². The summed E-state index contributed by atoms with van der Waals surface area (Å²) in [5.41, 5.74) is 1.74. The Kier molecular flexibility index (Phi) is 8.01. The number of rotatable bonds is 9. The van der Waals surface area contributed by atoms with Gasteiger partial charge in [-0.05, 0) is 48.6 Å². The van der Waals surface area contributed by atoms with Crippen LogP contribution in [0.2, 0.25) is 0 Å². The molecule has 2 aromatic carbocycles. The van der Waals surface area contributed by atoms with Gasteiger partial charge in [0.15, 0.2) is 0 Å². The number of nitrogens with one attached hydrogen (secondary N) is 2. The van der Waals surface area contributed by atoms with Crippen molar-refractivity contribution in [3.8, 4) is 0 Å². The topological polar surface area (TPSA) is 101 Å². The SMILES string of the molecule is CCc1cccc(NC(=O)[C@@H](CCSC)NC(=O)c2cccc([N+](=O)[O-])c2)c1. The van der Waals surface area contributed by atoms with Gasteiger partial charge in [-0.15, -0.1) is 0 Å². The van der Waals surface area contributed by atoms with Crippen molar-refractivity contribution in [3.05, 3.63) is 69.8 Å². The van der Waals surface area contributed by atoms with Crippen molar-refractivity contribution in [3.63, 3.8) is 0 Å². The summed E-state index contributed by atoms with van der Waals surface area (Å²) in [4.78, 5) is 35.6. The maximum atomic E-state index is 12.7. The fraction of sp³-hybridized carbons (Fsp3) is 0.300. The van der Waals surface area contributed by atoms with Crippen LogP contribution in [0.1, 0.15) is 29.3 Å². The van der Waals surface area contributed by atoms with Crippen molar-refractivity contribution in [2.45, 2.75) is 25.8 Å². The van der Waals surface area contributed by atoms with Gasteiger partial charge in [0, 0.05) is 23.4 Å². The van der Waals surface area contributed by atoms with Crippen LogP contribution in [0.4, 0.5) is 11.4 Å². The summed E-state index contributed by atoms with van der Waals surface area (Å²) in [6.07, 6.45) is 3.21. The molecule has 0 radical (unpaired) electrons. The molecule has 7 nitrogen and oxygen atoms in total. The average molecular weight is 401 g/mol. The maximum absolute atomic E-state index is 12.7. The first-order valence-corrected chi connectivity index (χ1v) is 10.3. The molecule has 148 valence electrons. The third kappa shape index (κ3) is 6.09. The number of nitro groups is 1. The number of carbonyl (C=O) groups excluding carboxylic acids is 2. The molecule has 2 amide bonds. The lowest BCUT2D eigenvalue weighted by Gasteiger charge is -2.18. The van der Waals surface area contributed by atoms with Crippen LogP contribution in [0.5, 0.6) is 0 Å². The molecule has 2 aromatic rings. The molecule has 28 heavy (non-hydrogen) atoms. The van der Waals surface area contributed by atoms with Crippen LogP contribution < -0.4 is 10.6 Å². The number of anilines is 1. The van der Waals surface area contributed by atoms with Crippen LogP contribution in [-0.4, -0.2) is 34.8 Å². The fourth-order valence-corrected chi connectivity index (χ4v) is 3.08. The standard InChI is InChI=1S/C20H23N3O4S/c1-3-14-6-4-8-16(12-14)21-20(25)18(10-11-28-2)22-19(24)15-7-5-9-17(13-15)23(26)27/h4-9,12-13,18H,3,10-11H2,1-2H3,(H,21,25)(H,22,24)/t18-/m1/s1. The van der Waals surface area contributed by atoms with Crippen LogP contribution in [0.15, 0.2) is 48.5 Å². The second-order valence-corrected chi connectivity index (χ2v) is 7.14. The fourth-order valence-electron chi connectivity index (χ4n) is 2.61. The van der Waals surface area contributed by atoms with Gasteiger partial charge in [0.1, 0.15) is 6.04 Å². The van der Waals surface area contributed by atoms with Gasteiger partial charge in [-0.2, -0.15) is 11.8 Å². The highest BCUT2D eigenvalue weighted by Gasteiger charge is 2.22. The lowest BCUT2D eigenvalue weighted by atomic mass is 10.1. The minimum absolute atomic E-state index is 0.143. The third-order valence-corrected chi connectivity index (χ3v) is 4.80. The monoisotopic (exact) mass is 401 g/mol. The van der Waals surface area contributed by atoms with E-state index in [4.69, 9.17) is 0 Å². The van der Waals surface area contributed by atoms with Gasteiger partial charge in [0.2, 0.25) is 5.91 Å². The highest BCUT2D eigenvalue weighted by atomic mass is 32.2. The Morgan fingerprint density at radius 1 is 1.18 bits per heavy atom. The minimum atomic E-state index is -0.746. The van der Waals surface area contributed by atoms with E-state index in [0.717, 1.165) is 12.0 Å². The first-order chi connectivity index (χ1) is 13.4. The third-order valence-electron chi connectivity index (χ3n) is 4.15. The van der Waals surface area contributed by atoms with Crippen LogP contribution in [0.3, 0.4) is 0 Å². The smallest absolute Gasteiger partial charge is 0.270 e. The first-order valence-electron chi connectivity index (χ1n) is 8.88. The normalized spacial score (nSPS) is 11.5. The summed E-state index contributed by atoms with van der Waals surface area (Å²) in [6.45, 7) is 2.03. The van der Waals surface area contributed by atoms with E-state index >= 15 is 0 Å². The lowest BCUT2D eigenvalue weighted by Crippen LogP contribution is -2.44. The molecule has 0 spiro atoms. The molecule has 0 saturated heterocycles. The number of benzene rings is 2. The summed E-state index contributed by atoms with van der Waals surface area (Å²) in [5, 5.41) is 16.4. The van der Waals surface area contributed by atoms with Crippen molar-refractivity contribution >= 4 is 35.0 Å². The van der Waals surface area contributed by atoms with Gasteiger partial charge in [-0.25, -0.2) is 0 Å². The van der Waals surface area contributed by atoms with Gasteiger partial charge < -0.3 is 10.6 Å². The largest absolute Gasteiger partial charge is 0.340 e. The number of nitro benzene ring substituents is 1. The maximum Gasteiger partial charge on any atom is 0.270 e. The van der Waals surface area contributed by atoms with Crippen LogP contribution in [0.25, 0.3) is 0 Å². The molecule has 0 aliphatic carbocycles. The predicted octanol–water partition coefficient (Wildman–Crippen LogP) is 3.65. The zero-order valence-electron chi connectivity index (χ0n) is 15.8. The molecule has 0 bridgehead atoms. The molecule has 0 saturated carbocycles. The van der Waals surface area contributed by atoms with E-state index in [1.807, 2.05) is 31.4 Å². The number of thioether (sulfide) groups is 1. The van der Waals surface area contributed by atoms with E-state index < -0.39 is 16.9 Å². The molecule has 0 unspecified atom stereocenters. The Balaban J connectivity index is 2.13. The zero-order chi connectivity index (χ0) is 20.5. The highest BCUT2D eigenvalue weighted by Crippen LogP contribution is 2.15. The Morgan fingerprint density at radius 3 is 2.61 bits per heavy atom. The molecule has 0 aromatic heterocycles. The van der Waals surface area contributed by atoms with Crippen molar-refractivity contribution in [1.29, 1.82) is 0 Å². The number of amides is 2. The number of nitrogens with zero attached hydrogens (tertiary/aromatic N) is 1. The van der Waals surface area contributed by atoms with Gasteiger partial charge >= 0.3 is 0 Å². The van der Waals surface area contributed by atoms with Crippen molar-refractivity contribution in [2.24, 2.45) is 0 Å². The Morgan fingerprint density at radius 2 is 1.93 bits per heavy atom. The van der Waals surface area contributed by atoms with Gasteiger partial charge in [0.05, 0.1) is 4.92 Å². The molecular weight excluding hydrogens is 378 g/mol. The van der Waals surface area contributed by atoms with Crippen LogP contribution in [-0.2, 0) is 11.2 Å². The molecule has 1 atom stereocenters. The minimum Gasteiger partial charge on any atom is -0.340 e. The summed E-state index contributed by atoms with van der Waals surface area (Å²) < 4.78 is 0. The van der Waals surface area contributed by atoms with Gasteiger partial charge in [-0.3, -0.25) is 19.7 Å². The Labute approximate surface area is 168 Å². The first kappa shape index (κ1) is 21.4. The van der Waals surface area contributed by atoms with Crippen LogP contribution in [0, 0.1) is 10.1 Å². The van der Waals surface area contributed by atoms with E-state index in [9.17, 15) is 19.7 Å². The highest BCUT2D eigenvalue weighted by molar-refractivity contribution is 7.98. The number of hydrogen-bond donors (Lipinski definition) is 2. The van der Waals surface area contributed by atoms with Crippen molar-refractivity contribution in [2.75, 3.05) is 17.3 Å². The number of hydrogen-bond acceptors (Lipinski definition) is 5. The van der Waals surface area contributed by atoms with E-state index in [-0.39, 0.29) is 17.2 Å². The molecule has 0 aliphatic heterocycles. The molecule has 0 fully saturated rings. The quantitative estimate of drug-likeness (QED) is 0.493. The molecule has 2 N–H and O–H groups in total. The van der Waals surface area contributed by atoms with Gasteiger partial charge in [-0.1, -0.05) is 25.1 Å². The number of aryl methyl sites for hydroxylation is 1. The van der Waals surface area contributed by atoms with E-state index in [0.29, 0.717) is 17.9 Å². The molecule has 0 aliphatic rings. The van der Waals surface area contributed by atoms with Crippen molar-refractivity contribution < 1.29 is 14.5 Å². The summed E-state index contributed by atoms with van der Waals surface area (Å²) in [7, 11) is 0. The molecule has 8 heteroatoms. The summed E-state index contributed by atoms with van der Waals surface area (Å²) in [6, 6.07) is 12.2. The summed E-state index contributed by atoms with van der Waals surface area (Å²) in [5.74, 6) is -0.157. The predicted molar refractivity (Wildman–Crippen MR) is 112 cm³/mol. The second kappa shape index (κ2) is 10.5. The molecular formula is C20H23N3O4S. The van der Waals surface area contributed by atoms with Crippen LogP contribution >= 0.6 is 11.8 Å². The Bertz CT molecular complexity index is 857. The summed E-state index contributed by atoms with van der Waals surface area (Å²) >= 11 is 1.57. The molecule has 2 rings (SSSR count). The van der Waals surface area contributed by atoms with Crippen molar-refractivity contribution in [1.82, 2.24) is 5.32 Å². The van der Waals surface area contributed by atoms with Gasteiger partial charge in [0.25, 0.3) is 11.6 Å². The molecule has 0 heterocycles. The average Bonchev–Trinajstić information content (AvgIpc) is 2.71. The van der Waals surface area contributed by atoms with E-state index in [2.05, 4.69) is 10.6 Å². The Hall–Kier alpha value is -2.87. The number of carbonyl (C=O) groups is 2. The second-order valence-electron chi connectivity index (χ2n) is 6.16. The zero-order valence-corrected chi connectivity index (χ0v) is 16.6. The number of non-ortho nitro benzene ring substituents is 1.